The highest BCUT2D eigenvalue weighted by Gasteiger charge is 2.26. The van der Waals surface area contributed by atoms with Crippen LogP contribution in [0.4, 0.5) is 11.4 Å². The molecule has 2 aromatic rings. The smallest absolute Gasteiger partial charge is 0.255 e. The highest BCUT2D eigenvalue weighted by Crippen LogP contribution is 2.30. The summed E-state index contributed by atoms with van der Waals surface area (Å²) < 4.78 is 0. The predicted octanol–water partition coefficient (Wildman–Crippen LogP) is 2.46. The number of pyridine rings is 1. The first kappa shape index (κ1) is 25.6. The van der Waals surface area contributed by atoms with E-state index in [1.165, 1.54) is 0 Å². The molecule has 0 saturated carbocycles. The lowest BCUT2D eigenvalue weighted by Crippen LogP contribution is -2.49. The zero-order chi connectivity index (χ0) is 25.7. The summed E-state index contributed by atoms with van der Waals surface area (Å²) in [6.07, 6.45) is 3.61. The highest BCUT2D eigenvalue weighted by atomic mass is 16.2. The molecule has 36 heavy (non-hydrogen) atoms. The maximum absolute atomic E-state index is 13.1. The molecule has 1 aromatic heterocycles. The van der Waals surface area contributed by atoms with Crippen LogP contribution in [0.5, 0.6) is 0 Å². The van der Waals surface area contributed by atoms with Gasteiger partial charge in [0.05, 0.1) is 16.9 Å². The van der Waals surface area contributed by atoms with E-state index >= 15 is 0 Å². The summed E-state index contributed by atoms with van der Waals surface area (Å²) in [5.41, 5.74) is 2.49. The molecule has 0 radical (unpaired) electrons. The molecular weight excluding hydrogens is 456 g/mol. The van der Waals surface area contributed by atoms with E-state index in [0.717, 1.165) is 18.8 Å². The molecule has 0 bridgehead atoms. The lowest BCUT2D eigenvalue weighted by molar-refractivity contribution is -0.117. The van der Waals surface area contributed by atoms with Gasteiger partial charge < -0.3 is 25.3 Å². The van der Waals surface area contributed by atoms with Crippen LogP contribution in [0.25, 0.3) is 0 Å². The standard InChI is InChI=1S/C27H36N6O3/c1-27(2,3)18-24(34)30-22-17-20(25(35)32-11-9-28-10-12-32)6-7-23(22)31-13-15-33(16-14-31)26(36)21-5-4-8-29-19-21/h4-8,17,19,28H,9-16,18H2,1-3H3,(H,30,34). The number of nitrogens with one attached hydrogen (secondary N) is 2. The quantitative estimate of drug-likeness (QED) is 0.666. The second-order valence-electron chi connectivity index (χ2n) is 10.6. The minimum Gasteiger partial charge on any atom is -0.366 e. The first-order valence-electron chi connectivity index (χ1n) is 12.6. The lowest BCUT2D eigenvalue weighted by Gasteiger charge is -2.37. The van der Waals surface area contributed by atoms with Gasteiger partial charge in [0.25, 0.3) is 11.8 Å². The number of aromatic nitrogens is 1. The van der Waals surface area contributed by atoms with Crippen molar-refractivity contribution in [1.29, 1.82) is 0 Å². The largest absolute Gasteiger partial charge is 0.366 e. The van der Waals surface area contributed by atoms with Crippen molar-refractivity contribution >= 4 is 29.1 Å². The number of hydrogen-bond donors (Lipinski definition) is 2. The molecular formula is C27H36N6O3. The van der Waals surface area contributed by atoms with Gasteiger partial charge in [-0.3, -0.25) is 19.4 Å². The Balaban J connectivity index is 1.52. The van der Waals surface area contributed by atoms with Crippen molar-refractivity contribution in [1.82, 2.24) is 20.1 Å². The number of nitrogens with zero attached hydrogens (tertiary/aromatic N) is 4. The van der Waals surface area contributed by atoms with Crippen molar-refractivity contribution < 1.29 is 14.4 Å². The Morgan fingerprint density at radius 1 is 0.917 bits per heavy atom. The van der Waals surface area contributed by atoms with Crippen molar-refractivity contribution in [2.45, 2.75) is 27.2 Å². The van der Waals surface area contributed by atoms with Crippen LogP contribution in [0.1, 0.15) is 47.9 Å². The SMILES string of the molecule is CC(C)(C)CC(=O)Nc1cc(C(=O)N2CCNCC2)ccc1N1CCN(C(=O)c2cccnc2)CC1. The van der Waals surface area contributed by atoms with Crippen LogP contribution < -0.4 is 15.5 Å². The Kier molecular flexibility index (Phi) is 7.88. The first-order chi connectivity index (χ1) is 17.2. The Hall–Kier alpha value is -3.46. The number of piperazine rings is 2. The number of carbonyl (C=O) groups is 3. The number of anilines is 2. The zero-order valence-corrected chi connectivity index (χ0v) is 21.4. The minimum absolute atomic E-state index is 0.0266. The van der Waals surface area contributed by atoms with E-state index in [1.807, 2.05) is 42.7 Å². The van der Waals surface area contributed by atoms with E-state index in [9.17, 15) is 14.4 Å². The van der Waals surface area contributed by atoms with Gasteiger partial charge in [-0.15, -0.1) is 0 Å². The van der Waals surface area contributed by atoms with Crippen molar-refractivity contribution in [3.8, 4) is 0 Å². The maximum atomic E-state index is 13.1. The molecule has 0 spiro atoms. The Bertz CT molecular complexity index is 1080. The highest BCUT2D eigenvalue weighted by molar-refractivity contribution is 6.00. The molecule has 1 aromatic carbocycles. The normalized spacial score (nSPS) is 16.6. The van der Waals surface area contributed by atoms with Crippen molar-refractivity contribution in [3.63, 3.8) is 0 Å². The summed E-state index contributed by atoms with van der Waals surface area (Å²) in [7, 11) is 0. The molecule has 0 aliphatic carbocycles. The number of rotatable bonds is 5. The third-order valence-electron chi connectivity index (χ3n) is 6.43. The minimum atomic E-state index is -0.156. The summed E-state index contributed by atoms with van der Waals surface area (Å²) >= 11 is 0. The average molecular weight is 493 g/mol. The van der Waals surface area contributed by atoms with Crippen LogP contribution in [0.15, 0.2) is 42.7 Å². The molecule has 0 unspecified atom stereocenters. The topological polar surface area (TPSA) is 97.9 Å². The Morgan fingerprint density at radius 3 is 2.22 bits per heavy atom. The molecule has 9 heteroatoms. The first-order valence-corrected chi connectivity index (χ1v) is 12.6. The second-order valence-corrected chi connectivity index (χ2v) is 10.6. The molecule has 3 heterocycles. The molecule has 3 amide bonds. The van der Waals surface area contributed by atoms with Crippen LogP contribution >= 0.6 is 0 Å². The molecule has 2 aliphatic rings. The maximum Gasteiger partial charge on any atom is 0.255 e. The fourth-order valence-electron chi connectivity index (χ4n) is 4.59. The van der Waals surface area contributed by atoms with Gasteiger partial charge in [0.1, 0.15) is 0 Å². The van der Waals surface area contributed by atoms with Gasteiger partial charge in [0.2, 0.25) is 5.91 Å². The second kappa shape index (κ2) is 11.1. The number of benzene rings is 1. The van der Waals surface area contributed by atoms with Crippen LogP contribution in [0.2, 0.25) is 0 Å². The van der Waals surface area contributed by atoms with E-state index in [1.54, 1.807) is 30.6 Å². The van der Waals surface area contributed by atoms with Crippen LogP contribution in [-0.2, 0) is 4.79 Å². The summed E-state index contributed by atoms with van der Waals surface area (Å²) in [6.45, 7) is 11.3. The molecule has 0 atom stereocenters. The van der Waals surface area contributed by atoms with Gasteiger partial charge >= 0.3 is 0 Å². The summed E-state index contributed by atoms with van der Waals surface area (Å²) in [5, 5.41) is 6.34. The molecule has 2 fully saturated rings. The summed E-state index contributed by atoms with van der Waals surface area (Å²) in [4.78, 5) is 48.7. The average Bonchev–Trinajstić information content (AvgIpc) is 2.88. The zero-order valence-electron chi connectivity index (χ0n) is 21.4. The van der Waals surface area contributed by atoms with E-state index < -0.39 is 0 Å². The lowest BCUT2D eigenvalue weighted by atomic mass is 9.92. The molecule has 2 N–H and O–H groups in total. The van der Waals surface area contributed by atoms with Crippen molar-refractivity contribution in [2.75, 3.05) is 62.6 Å². The van der Waals surface area contributed by atoms with Crippen molar-refractivity contribution in [3.05, 3.63) is 53.9 Å². The third kappa shape index (κ3) is 6.40. The fourth-order valence-corrected chi connectivity index (χ4v) is 4.59. The van der Waals surface area contributed by atoms with E-state index in [-0.39, 0.29) is 23.1 Å². The van der Waals surface area contributed by atoms with Crippen LogP contribution in [0, 0.1) is 5.41 Å². The number of hydrogen-bond acceptors (Lipinski definition) is 6. The van der Waals surface area contributed by atoms with E-state index in [2.05, 4.69) is 20.5 Å². The molecule has 2 aliphatic heterocycles. The fraction of sp³-hybridized carbons (Fsp3) is 0.481. The van der Waals surface area contributed by atoms with Gasteiger partial charge in [0, 0.05) is 76.7 Å². The van der Waals surface area contributed by atoms with Gasteiger partial charge in [-0.2, -0.15) is 0 Å². The summed E-state index contributed by atoms with van der Waals surface area (Å²) in [5.74, 6) is -0.138. The van der Waals surface area contributed by atoms with Crippen molar-refractivity contribution in [2.24, 2.45) is 5.41 Å². The van der Waals surface area contributed by atoms with E-state index in [4.69, 9.17) is 0 Å². The Morgan fingerprint density at radius 2 is 1.58 bits per heavy atom. The van der Waals surface area contributed by atoms with Gasteiger partial charge in [-0.1, -0.05) is 20.8 Å². The van der Waals surface area contributed by atoms with Gasteiger partial charge in [-0.05, 0) is 35.7 Å². The molecule has 9 nitrogen and oxygen atoms in total. The van der Waals surface area contributed by atoms with Crippen LogP contribution in [-0.4, -0.2) is 84.9 Å². The third-order valence-corrected chi connectivity index (χ3v) is 6.43. The summed E-state index contributed by atoms with van der Waals surface area (Å²) in [6, 6.07) is 9.10. The monoisotopic (exact) mass is 492 g/mol. The van der Waals surface area contributed by atoms with E-state index in [0.29, 0.717) is 62.5 Å². The number of carbonyl (C=O) groups excluding carboxylic acids is 3. The van der Waals surface area contributed by atoms with Gasteiger partial charge in [-0.25, -0.2) is 0 Å². The Labute approximate surface area is 212 Å². The molecule has 2 saturated heterocycles. The number of amides is 3. The van der Waals surface area contributed by atoms with Gasteiger partial charge in [0.15, 0.2) is 0 Å². The molecule has 192 valence electrons. The molecule has 4 rings (SSSR count). The predicted molar refractivity (Wildman–Crippen MR) is 140 cm³/mol. The van der Waals surface area contributed by atoms with Crippen LogP contribution in [0.3, 0.4) is 0 Å².